The van der Waals surface area contributed by atoms with Crippen LogP contribution in [0.5, 0.6) is 11.5 Å². The zero-order chi connectivity index (χ0) is 40.6. The Labute approximate surface area is 341 Å². The van der Waals surface area contributed by atoms with Crippen molar-refractivity contribution in [1.82, 2.24) is 14.1 Å². The quantitative estimate of drug-likeness (QED) is 0.158. The van der Waals surface area contributed by atoms with Crippen molar-refractivity contribution in [2.24, 2.45) is 0 Å². The Kier molecular flexibility index (Phi) is 8.68. The number of rotatable bonds is 6. The van der Waals surface area contributed by atoms with E-state index in [4.69, 9.17) is 9.72 Å². The van der Waals surface area contributed by atoms with E-state index in [9.17, 15) is 0 Å². The van der Waals surface area contributed by atoms with Crippen LogP contribution in [0.25, 0.3) is 44.3 Å². The molecule has 5 aromatic carbocycles. The summed E-state index contributed by atoms with van der Waals surface area (Å²) < 4.78 is 15.7. The van der Waals surface area contributed by atoms with Gasteiger partial charge in [-0.1, -0.05) is 120 Å². The van der Waals surface area contributed by atoms with E-state index in [0.717, 1.165) is 67.2 Å². The first-order valence-electron chi connectivity index (χ1n) is 20.2. The Balaban J connectivity index is 1.22. The lowest BCUT2D eigenvalue weighted by Crippen LogP contribution is -2.12. The highest BCUT2D eigenvalue weighted by atomic mass is 16.5. The first kappa shape index (κ1) is 37.1. The average Bonchev–Trinajstić information content (AvgIpc) is 3.90. The van der Waals surface area contributed by atoms with Gasteiger partial charge in [0.2, 0.25) is 11.4 Å². The molecule has 0 fully saturated rings. The van der Waals surface area contributed by atoms with Crippen molar-refractivity contribution in [3.8, 4) is 23.0 Å². The predicted molar refractivity (Wildman–Crippen MR) is 238 cm³/mol. The zero-order valence-electron chi connectivity index (χ0n) is 35.0. The second-order valence-corrected chi connectivity index (χ2v) is 18.6. The van der Waals surface area contributed by atoms with Crippen molar-refractivity contribution in [3.63, 3.8) is 0 Å². The lowest BCUT2D eigenvalue weighted by atomic mass is 9.86. The molecule has 1 aliphatic rings. The fourth-order valence-corrected chi connectivity index (χ4v) is 7.94. The van der Waals surface area contributed by atoms with Gasteiger partial charge >= 0.3 is 6.01 Å². The topological polar surface area (TPSA) is 38.0 Å². The second kappa shape index (κ2) is 13.6. The van der Waals surface area contributed by atoms with Crippen molar-refractivity contribution in [2.75, 3.05) is 0 Å². The van der Waals surface area contributed by atoms with E-state index in [1.807, 2.05) is 10.8 Å². The van der Waals surface area contributed by atoms with Crippen molar-refractivity contribution >= 4 is 50.2 Å². The minimum absolute atomic E-state index is 0.0469. The molecule has 0 radical (unpaired) electrons. The number of hydrogen-bond acceptors (Lipinski definition) is 2. The molecular formula is C52H51N5O+2. The van der Waals surface area contributed by atoms with Crippen LogP contribution in [0.1, 0.15) is 79.0 Å². The van der Waals surface area contributed by atoms with Crippen LogP contribution in [-0.2, 0) is 16.2 Å². The largest absolute Gasteiger partial charge is 0.501 e. The van der Waals surface area contributed by atoms with Gasteiger partial charge in [0, 0.05) is 46.9 Å². The summed E-state index contributed by atoms with van der Waals surface area (Å²) in [5, 5.41) is 2.28. The van der Waals surface area contributed by atoms with E-state index >= 15 is 0 Å². The molecule has 0 saturated carbocycles. The number of para-hydroxylation sites is 2. The van der Waals surface area contributed by atoms with Crippen LogP contribution in [0.4, 0.5) is 11.4 Å². The van der Waals surface area contributed by atoms with E-state index < -0.39 is 0 Å². The SMILES string of the molecule is CC(C)(C)c1cccc([N+]2=C=[N+](c3cc(Oc4ccc5c(c4)n(-c4cc(C(C)(C)C)ccn4)c4c6ccccc6n(-c6ccccc6)c54)cc(C(C)(C)C)c3)C=C2)c1. The van der Waals surface area contributed by atoms with Gasteiger partial charge in [-0.2, -0.15) is 0 Å². The van der Waals surface area contributed by atoms with Gasteiger partial charge in [-0.15, -0.1) is 0 Å². The summed E-state index contributed by atoms with van der Waals surface area (Å²) in [7, 11) is 0. The molecule has 1 aliphatic heterocycles. The van der Waals surface area contributed by atoms with Gasteiger partial charge in [0.1, 0.15) is 17.3 Å². The summed E-state index contributed by atoms with van der Waals surface area (Å²) in [6, 6.07) is 48.9. The highest BCUT2D eigenvalue weighted by molar-refractivity contribution is 6.20. The molecule has 0 N–H and O–H groups in total. The maximum Gasteiger partial charge on any atom is 0.501 e. The third kappa shape index (κ3) is 6.64. The molecule has 288 valence electrons. The van der Waals surface area contributed by atoms with E-state index in [0.29, 0.717) is 0 Å². The third-order valence-electron chi connectivity index (χ3n) is 11.2. The maximum atomic E-state index is 6.90. The Hall–Kier alpha value is -6.49. The molecule has 0 saturated heterocycles. The number of fused-ring (bicyclic) bond motifs is 5. The molecule has 0 unspecified atom stereocenters. The van der Waals surface area contributed by atoms with Crippen LogP contribution in [0, 0.1) is 0 Å². The van der Waals surface area contributed by atoms with Crippen LogP contribution in [0.15, 0.2) is 146 Å². The van der Waals surface area contributed by atoms with Crippen molar-refractivity contribution < 1.29 is 13.9 Å². The van der Waals surface area contributed by atoms with Crippen LogP contribution >= 0.6 is 0 Å². The summed E-state index contributed by atoms with van der Waals surface area (Å²) in [6.45, 7) is 20.2. The second-order valence-electron chi connectivity index (χ2n) is 18.6. The van der Waals surface area contributed by atoms with Gasteiger partial charge in [-0.25, -0.2) is 4.98 Å². The zero-order valence-corrected chi connectivity index (χ0v) is 35.0. The molecule has 6 nitrogen and oxygen atoms in total. The van der Waals surface area contributed by atoms with E-state index in [-0.39, 0.29) is 16.2 Å². The first-order valence-corrected chi connectivity index (χ1v) is 20.2. The van der Waals surface area contributed by atoms with Gasteiger partial charge < -0.3 is 9.30 Å². The lowest BCUT2D eigenvalue weighted by Gasteiger charge is -2.20. The molecule has 0 atom stereocenters. The highest BCUT2D eigenvalue weighted by Crippen LogP contribution is 2.43. The molecule has 0 aliphatic carbocycles. The first-order chi connectivity index (χ1) is 27.6. The maximum absolute atomic E-state index is 6.90. The minimum atomic E-state index is -0.115. The monoisotopic (exact) mass is 761 g/mol. The highest BCUT2D eigenvalue weighted by Gasteiger charge is 2.28. The predicted octanol–water partition coefficient (Wildman–Crippen LogP) is 13.5. The third-order valence-corrected chi connectivity index (χ3v) is 11.2. The lowest BCUT2D eigenvalue weighted by molar-refractivity contribution is -0.387. The summed E-state index contributed by atoms with van der Waals surface area (Å²) in [4.78, 5) is 5.03. The number of benzene rings is 5. The van der Waals surface area contributed by atoms with Gasteiger partial charge in [0.25, 0.3) is 12.4 Å². The molecule has 0 bridgehead atoms. The Bertz CT molecular complexity index is 3000. The van der Waals surface area contributed by atoms with Crippen molar-refractivity contribution in [1.29, 1.82) is 0 Å². The number of nitrogens with zero attached hydrogens (tertiary/aromatic N) is 5. The summed E-state index contributed by atoms with van der Waals surface area (Å²) in [5.41, 5.74) is 11.2. The van der Waals surface area contributed by atoms with Crippen LogP contribution in [0.3, 0.4) is 0 Å². The molecule has 4 heterocycles. The van der Waals surface area contributed by atoms with Crippen LogP contribution in [-0.4, -0.2) is 29.3 Å². The molecule has 6 heteroatoms. The normalized spacial score (nSPS) is 13.5. The van der Waals surface area contributed by atoms with Crippen molar-refractivity contribution in [2.45, 2.75) is 78.6 Å². The fraction of sp³-hybridized carbons (Fsp3) is 0.231. The summed E-state index contributed by atoms with van der Waals surface area (Å²) >= 11 is 0. The smallest absolute Gasteiger partial charge is 0.457 e. The number of hydrogen-bond donors (Lipinski definition) is 0. The summed E-state index contributed by atoms with van der Waals surface area (Å²) in [5.74, 6) is 2.39. The van der Waals surface area contributed by atoms with Gasteiger partial charge in [-0.05, 0) is 81.5 Å². The standard InChI is InChI=1S/C52H51N5O/c1-50(2,3)35-16-15-19-39(28-35)54-26-27-55(34-54)40-29-37(52(7,8)9)30-42(32-40)58-41-22-23-44-46(33-41)57(47-31-36(24-25-53-47)51(4,5)6)49-43-20-13-14-21-45(43)56(48(44)49)38-17-11-10-12-18-38/h10-33H,1-9H3/q+2. The van der Waals surface area contributed by atoms with Gasteiger partial charge in [0.15, 0.2) is 0 Å². The molecular weight excluding hydrogens is 711 g/mol. The summed E-state index contributed by atoms with van der Waals surface area (Å²) in [6.07, 6.45) is 6.06. The van der Waals surface area contributed by atoms with E-state index in [2.05, 4.69) is 222 Å². The van der Waals surface area contributed by atoms with Crippen LogP contribution in [0.2, 0.25) is 0 Å². The number of aromatic nitrogens is 3. The Morgan fingerprint density at radius 2 is 1.14 bits per heavy atom. The van der Waals surface area contributed by atoms with E-state index in [1.54, 1.807) is 0 Å². The molecule has 3 aromatic heterocycles. The molecule has 58 heavy (non-hydrogen) atoms. The molecule has 8 aromatic rings. The molecule has 0 spiro atoms. The fourth-order valence-electron chi connectivity index (χ4n) is 7.94. The number of ether oxygens (including phenoxy) is 1. The van der Waals surface area contributed by atoms with Gasteiger partial charge in [-0.3, -0.25) is 4.57 Å². The average molecular weight is 762 g/mol. The number of pyridine rings is 1. The van der Waals surface area contributed by atoms with E-state index in [1.165, 1.54) is 16.7 Å². The molecule has 0 amide bonds. The van der Waals surface area contributed by atoms with Gasteiger partial charge in [0.05, 0.1) is 28.1 Å². The van der Waals surface area contributed by atoms with Crippen LogP contribution < -0.4 is 4.74 Å². The minimum Gasteiger partial charge on any atom is -0.457 e. The molecule has 9 rings (SSSR count). The Morgan fingerprint density at radius 1 is 0.500 bits per heavy atom. The Morgan fingerprint density at radius 3 is 1.88 bits per heavy atom. The van der Waals surface area contributed by atoms with Crippen molar-refractivity contribution in [3.05, 3.63) is 163 Å².